The minimum Gasteiger partial charge on any atom is -0.316 e. The molecular weight excluding hydrogens is 376 g/mol. The van der Waals surface area contributed by atoms with Gasteiger partial charge in [-0.3, -0.25) is 0 Å². The number of piperidine rings is 1. The highest BCUT2D eigenvalue weighted by molar-refractivity contribution is 9.10. The summed E-state index contributed by atoms with van der Waals surface area (Å²) in [5, 5.41) is 3.35. The number of hydrogen-bond donors (Lipinski definition) is 2. The summed E-state index contributed by atoms with van der Waals surface area (Å²) in [6.45, 7) is 4.46. The monoisotopic (exact) mass is 396 g/mol. The zero-order valence-electron chi connectivity index (χ0n) is 12.1. The first-order valence-corrected chi connectivity index (χ1v) is 9.24. The third-order valence-corrected chi connectivity index (χ3v) is 6.51. The van der Waals surface area contributed by atoms with Crippen molar-refractivity contribution >= 4 is 38.4 Å². The number of sulfonamides is 1. The van der Waals surface area contributed by atoms with Crippen molar-refractivity contribution in [1.29, 1.82) is 0 Å². The van der Waals surface area contributed by atoms with Crippen LogP contribution in [0.1, 0.15) is 24.8 Å². The van der Waals surface area contributed by atoms with Crippen LogP contribution in [0.2, 0.25) is 0 Å². The highest BCUT2D eigenvalue weighted by Crippen LogP contribution is 2.25. The second-order valence-corrected chi connectivity index (χ2v) is 7.81. The van der Waals surface area contributed by atoms with Crippen molar-refractivity contribution in [3.8, 4) is 0 Å². The predicted molar refractivity (Wildman–Crippen MR) is 91.5 cm³/mol. The van der Waals surface area contributed by atoms with Crippen molar-refractivity contribution in [2.24, 2.45) is 5.92 Å². The third-order valence-electron chi connectivity index (χ3n) is 3.69. The first kappa shape index (κ1) is 18.9. The lowest BCUT2D eigenvalue weighted by Crippen LogP contribution is -2.33. The Balaban J connectivity index is 0.00000220. The Hall–Kier alpha value is -0.140. The average molecular weight is 398 g/mol. The zero-order chi connectivity index (χ0) is 14.6. The van der Waals surface area contributed by atoms with E-state index in [-0.39, 0.29) is 12.4 Å². The molecule has 0 saturated carbocycles. The van der Waals surface area contributed by atoms with Gasteiger partial charge < -0.3 is 5.32 Å². The van der Waals surface area contributed by atoms with Crippen molar-refractivity contribution in [2.45, 2.75) is 31.1 Å². The van der Waals surface area contributed by atoms with E-state index >= 15 is 0 Å². The molecule has 0 bridgehead atoms. The molecule has 2 rings (SSSR count). The predicted octanol–water partition coefficient (Wildman–Crippen LogP) is 2.85. The van der Waals surface area contributed by atoms with Gasteiger partial charge in [-0.1, -0.05) is 12.1 Å². The third kappa shape index (κ3) is 5.21. The standard InChI is InChI=1S/C14H21BrN2O2S.ClH/c1-11-4-2-6-13(14(11)15)20(18,19)17-9-7-12-5-3-8-16-10-12;/h2,4,6,12,16-17H,3,5,7-10H2,1H3;1H. The Kier molecular flexibility index (Phi) is 7.64. The van der Waals surface area contributed by atoms with Crippen LogP contribution in [0.15, 0.2) is 27.6 Å². The van der Waals surface area contributed by atoms with Crippen molar-refractivity contribution < 1.29 is 8.42 Å². The molecule has 0 spiro atoms. The number of halogens is 2. The lowest BCUT2D eigenvalue weighted by Gasteiger charge is -2.22. The van der Waals surface area contributed by atoms with E-state index in [9.17, 15) is 8.42 Å². The molecule has 0 radical (unpaired) electrons. The van der Waals surface area contributed by atoms with Crippen molar-refractivity contribution in [1.82, 2.24) is 10.0 Å². The molecule has 120 valence electrons. The van der Waals surface area contributed by atoms with Crippen molar-refractivity contribution in [3.05, 3.63) is 28.2 Å². The second kappa shape index (κ2) is 8.48. The fourth-order valence-corrected chi connectivity index (χ4v) is 4.57. The summed E-state index contributed by atoms with van der Waals surface area (Å²) in [7, 11) is -3.43. The molecule has 1 aromatic carbocycles. The van der Waals surface area contributed by atoms with Gasteiger partial charge in [0.25, 0.3) is 0 Å². The minimum atomic E-state index is -3.43. The number of rotatable bonds is 5. The molecule has 0 amide bonds. The fourth-order valence-electron chi connectivity index (χ4n) is 2.47. The maximum absolute atomic E-state index is 12.3. The average Bonchev–Trinajstić information content (AvgIpc) is 2.42. The molecule has 1 aliphatic heterocycles. The van der Waals surface area contributed by atoms with Gasteiger partial charge >= 0.3 is 0 Å². The molecule has 2 N–H and O–H groups in total. The van der Waals surface area contributed by atoms with Gasteiger partial charge in [-0.05, 0) is 72.8 Å². The van der Waals surface area contributed by atoms with Crippen LogP contribution in [0.25, 0.3) is 0 Å². The van der Waals surface area contributed by atoms with E-state index in [0.717, 1.165) is 25.1 Å². The van der Waals surface area contributed by atoms with Gasteiger partial charge in [-0.2, -0.15) is 0 Å². The fraction of sp³-hybridized carbons (Fsp3) is 0.571. The van der Waals surface area contributed by atoms with Crippen LogP contribution in [0.3, 0.4) is 0 Å². The van der Waals surface area contributed by atoms with E-state index in [1.54, 1.807) is 12.1 Å². The Morgan fingerprint density at radius 3 is 2.86 bits per heavy atom. The largest absolute Gasteiger partial charge is 0.316 e. The van der Waals surface area contributed by atoms with Gasteiger partial charge in [0.2, 0.25) is 10.0 Å². The second-order valence-electron chi connectivity index (χ2n) is 5.29. The lowest BCUT2D eigenvalue weighted by atomic mass is 9.96. The lowest BCUT2D eigenvalue weighted by molar-refractivity contribution is 0.358. The van der Waals surface area contributed by atoms with Crippen LogP contribution in [0.4, 0.5) is 0 Å². The maximum atomic E-state index is 12.3. The van der Waals surface area contributed by atoms with E-state index in [4.69, 9.17) is 0 Å². The summed E-state index contributed by atoms with van der Waals surface area (Å²) in [5.74, 6) is 0.576. The molecule has 1 unspecified atom stereocenters. The van der Waals surface area contributed by atoms with E-state index in [0.29, 0.717) is 21.8 Å². The first-order chi connectivity index (χ1) is 9.50. The minimum absolute atomic E-state index is 0. The molecule has 1 heterocycles. The zero-order valence-corrected chi connectivity index (χ0v) is 15.3. The smallest absolute Gasteiger partial charge is 0.241 e. The molecule has 1 saturated heterocycles. The number of benzene rings is 1. The van der Waals surface area contributed by atoms with Gasteiger partial charge in [0.05, 0.1) is 4.90 Å². The number of nitrogens with one attached hydrogen (secondary N) is 2. The van der Waals surface area contributed by atoms with Crippen LogP contribution < -0.4 is 10.0 Å². The van der Waals surface area contributed by atoms with E-state index in [1.807, 2.05) is 13.0 Å². The Labute approximate surface area is 141 Å². The maximum Gasteiger partial charge on any atom is 0.241 e. The van der Waals surface area contributed by atoms with Crippen LogP contribution >= 0.6 is 28.3 Å². The molecule has 21 heavy (non-hydrogen) atoms. The molecule has 0 aromatic heterocycles. The molecule has 4 nitrogen and oxygen atoms in total. The summed E-state index contributed by atoms with van der Waals surface area (Å²) in [6.07, 6.45) is 3.25. The van der Waals surface area contributed by atoms with Crippen LogP contribution in [-0.4, -0.2) is 28.1 Å². The number of aryl methyl sites for hydroxylation is 1. The molecule has 1 aliphatic rings. The summed E-state index contributed by atoms with van der Waals surface area (Å²) in [5.41, 5.74) is 0.921. The van der Waals surface area contributed by atoms with Crippen LogP contribution in [0, 0.1) is 12.8 Å². The number of hydrogen-bond acceptors (Lipinski definition) is 3. The first-order valence-electron chi connectivity index (χ1n) is 6.96. The quantitative estimate of drug-likeness (QED) is 0.803. The molecule has 1 aromatic rings. The normalized spacial score (nSPS) is 19.0. The highest BCUT2D eigenvalue weighted by Gasteiger charge is 2.19. The summed E-state index contributed by atoms with van der Waals surface area (Å²) >= 11 is 3.36. The van der Waals surface area contributed by atoms with Gasteiger partial charge in [-0.25, -0.2) is 13.1 Å². The highest BCUT2D eigenvalue weighted by atomic mass is 79.9. The topological polar surface area (TPSA) is 58.2 Å². The van der Waals surface area contributed by atoms with Crippen molar-refractivity contribution in [3.63, 3.8) is 0 Å². The summed E-state index contributed by atoms with van der Waals surface area (Å²) < 4.78 is 27.9. The Morgan fingerprint density at radius 2 is 2.19 bits per heavy atom. The van der Waals surface area contributed by atoms with Crippen LogP contribution in [0.5, 0.6) is 0 Å². The Morgan fingerprint density at radius 1 is 1.43 bits per heavy atom. The molecule has 0 aliphatic carbocycles. The van der Waals surface area contributed by atoms with E-state index < -0.39 is 10.0 Å². The van der Waals surface area contributed by atoms with Gasteiger partial charge in [0.15, 0.2) is 0 Å². The van der Waals surface area contributed by atoms with Crippen molar-refractivity contribution in [2.75, 3.05) is 19.6 Å². The summed E-state index contributed by atoms with van der Waals surface area (Å²) in [6, 6.07) is 5.28. The molecule has 1 fully saturated rings. The van der Waals surface area contributed by atoms with E-state index in [2.05, 4.69) is 26.0 Å². The Bertz CT molecular complexity index is 560. The molecular formula is C14H22BrClN2O2S. The van der Waals surface area contributed by atoms with Crippen LogP contribution in [-0.2, 0) is 10.0 Å². The summed E-state index contributed by atoms with van der Waals surface area (Å²) in [4.78, 5) is 0.319. The molecule has 1 atom stereocenters. The SMILES string of the molecule is Cc1cccc(S(=O)(=O)NCCC2CCCNC2)c1Br.Cl. The van der Waals surface area contributed by atoms with Gasteiger partial charge in [0.1, 0.15) is 0 Å². The van der Waals surface area contributed by atoms with Gasteiger partial charge in [0, 0.05) is 11.0 Å². The van der Waals surface area contributed by atoms with E-state index in [1.165, 1.54) is 12.8 Å². The van der Waals surface area contributed by atoms with Gasteiger partial charge in [-0.15, -0.1) is 12.4 Å². The molecule has 7 heteroatoms.